The van der Waals surface area contributed by atoms with Crippen molar-refractivity contribution in [2.24, 2.45) is 0 Å². The maximum Gasteiger partial charge on any atom is 0.385 e. The van der Waals surface area contributed by atoms with E-state index in [2.05, 4.69) is 61.8 Å². The number of aromatic nitrogens is 2. The number of hydrogen-bond acceptors (Lipinski definition) is 3. The number of nitrogens with zero attached hydrogens (tertiary/aromatic N) is 2. The molecule has 0 saturated heterocycles. The van der Waals surface area contributed by atoms with Gasteiger partial charge < -0.3 is 4.74 Å². The van der Waals surface area contributed by atoms with Crippen LogP contribution in [-0.4, -0.2) is 17.1 Å². The number of ether oxygens (including phenoxy) is 1. The van der Waals surface area contributed by atoms with Crippen LogP contribution in [0.4, 0.5) is 0 Å². The van der Waals surface area contributed by atoms with E-state index in [0.717, 1.165) is 5.16 Å². The van der Waals surface area contributed by atoms with E-state index in [-0.39, 0.29) is 0 Å². The minimum Gasteiger partial charge on any atom is -0.456 e. The van der Waals surface area contributed by atoms with Gasteiger partial charge in [0.1, 0.15) is 11.4 Å². The maximum absolute atomic E-state index is 11.3. The van der Waals surface area contributed by atoms with Crippen LogP contribution in [0.2, 0.25) is 0 Å². The molecule has 116 valence electrons. The van der Waals surface area contributed by atoms with E-state index in [1.807, 2.05) is 0 Å². The molecule has 0 bridgehead atoms. The van der Waals surface area contributed by atoms with Crippen molar-refractivity contribution in [3.63, 3.8) is 0 Å². The number of carbonyl (C=O) groups excluding carboxylic acids is 1. The third-order valence-electron chi connectivity index (χ3n) is 3.26. The molecular weight excluding hydrogens is 284 g/mol. The molecular formula is C16H25N2O2S+. The van der Waals surface area contributed by atoms with Crippen molar-refractivity contribution >= 4 is 17.7 Å². The first-order valence-electron chi connectivity index (χ1n) is 7.28. The highest BCUT2D eigenvalue weighted by Crippen LogP contribution is 2.24. The van der Waals surface area contributed by atoms with Gasteiger partial charge in [0.15, 0.2) is 0 Å². The Labute approximate surface area is 131 Å². The largest absolute Gasteiger partial charge is 0.456 e. The van der Waals surface area contributed by atoms with Crippen LogP contribution in [0.1, 0.15) is 58.1 Å². The highest BCUT2D eigenvalue weighted by molar-refractivity contribution is 8.03. The topological polar surface area (TPSA) is 35.1 Å². The monoisotopic (exact) mass is 309 g/mol. The summed E-state index contributed by atoms with van der Waals surface area (Å²) in [7, 11) is 0. The van der Waals surface area contributed by atoms with E-state index in [4.69, 9.17) is 4.74 Å². The molecule has 4 nitrogen and oxygen atoms in total. The quantitative estimate of drug-likeness (QED) is 0.371. The number of carbonyl (C=O) groups is 1. The molecule has 0 radical (unpaired) electrons. The first-order chi connectivity index (χ1) is 9.81. The van der Waals surface area contributed by atoms with Crippen molar-refractivity contribution in [2.45, 2.75) is 65.7 Å². The second kappa shape index (κ2) is 7.56. The molecule has 0 N–H and O–H groups in total. The van der Waals surface area contributed by atoms with E-state index in [1.54, 1.807) is 6.92 Å². The smallest absolute Gasteiger partial charge is 0.385 e. The van der Waals surface area contributed by atoms with Crippen molar-refractivity contribution in [1.29, 1.82) is 0 Å². The molecule has 0 saturated carbocycles. The first-order valence-corrected chi connectivity index (χ1v) is 8.10. The van der Waals surface area contributed by atoms with Gasteiger partial charge in [-0.3, -0.25) is 0 Å². The summed E-state index contributed by atoms with van der Waals surface area (Å²) in [6.45, 7) is 15.0. The molecule has 0 aromatic carbocycles. The lowest BCUT2D eigenvalue weighted by molar-refractivity contribution is -0.756. The van der Waals surface area contributed by atoms with Gasteiger partial charge in [-0.1, -0.05) is 0 Å². The molecule has 1 heterocycles. The third-order valence-corrected chi connectivity index (χ3v) is 4.04. The van der Waals surface area contributed by atoms with Gasteiger partial charge in [-0.15, -0.1) is 0 Å². The second-order valence-corrected chi connectivity index (χ2v) is 6.20. The molecule has 1 rings (SSSR count). The highest BCUT2D eigenvalue weighted by Gasteiger charge is 2.29. The van der Waals surface area contributed by atoms with Gasteiger partial charge in [-0.2, -0.15) is 0 Å². The zero-order chi connectivity index (χ0) is 16.2. The molecule has 0 unspecified atom stereocenters. The van der Waals surface area contributed by atoms with Crippen LogP contribution in [-0.2, 0) is 9.53 Å². The summed E-state index contributed by atoms with van der Waals surface area (Å²) in [5.41, 5.74) is 2.47. The van der Waals surface area contributed by atoms with E-state index in [0.29, 0.717) is 18.7 Å². The molecule has 0 aliphatic carbocycles. The molecule has 0 spiro atoms. The molecule has 21 heavy (non-hydrogen) atoms. The van der Waals surface area contributed by atoms with Crippen molar-refractivity contribution in [3.8, 4) is 11.2 Å². The Morgan fingerprint density at radius 2 is 1.95 bits per heavy atom. The fourth-order valence-electron chi connectivity index (χ4n) is 2.35. The van der Waals surface area contributed by atoms with Crippen molar-refractivity contribution in [1.82, 2.24) is 4.57 Å². The molecule has 5 heteroatoms. The minimum absolute atomic E-state index is 0.343. The van der Waals surface area contributed by atoms with Gasteiger partial charge in [0, 0.05) is 19.8 Å². The van der Waals surface area contributed by atoms with Crippen molar-refractivity contribution in [3.05, 3.63) is 11.4 Å². The summed E-state index contributed by atoms with van der Waals surface area (Å²) in [5, 5.41) is 3.93. The summed E-state index contributed by atoms with van der Waals surface area (Å²) < 4.78 is 9.35. The Morgan fingerprint density at radius 1 is 1.33 bits per heavy atom. The zero-order valence-corrected chi connectivity index (χ0v) is 14.8. The summed E-state index contributed by atoms with van der Waals surface area (Å²) in [6.07, 6.45) is 0. The predicted octanol–water partition coefficient (Wildman–Crippen LogP) is 3.17. The van der Waals surface area contributed by atoms with Gasteiger partial charge in [-0.25, -0.2) is 13.9 Å². The lowest BCUT2D eigenvalue weighted by Crippen LogP contribution is -2.40. The SMILES string of the molecule is CCOC(=O)C#CSc1n(C(C)C)c(C)c(C)[n+]1C(C)C. The molecule has 0 aliphatic rings. The average molecular weight is 309 g/mol. The van der Waals surface area contributed by atoms with Crippen LogP contribution in [0.5, 0.6) is 0 Å². The van der Waals surface area contributed by atoms with Gasteiger partial charge in [0.25, 0.3) is 0 Å². The van der Waals surface area contributed by atoms with Gasteiger partial charge in [0.2, 0.25) is 0 Å². The average Bonchev–Trinajstić information content (AvgIpc) is 2.62. The van der Waals surface area contributed by atoms with Crippen LogP contribution < -0.4 is 4.57 Å². The Bertz CT molecular complexity index is 546. The molecule has 1 aromatic rings. The molecule has 0 atom stereocenters. The number of imidazole rings is 1. The van der Waals surface area contributed by atoms with Gasteiger partial charge >= 0.3 is 11.1 Å². The number of rotatable bonds is 4. The van der Waals surface area contributed by atoms with Crippen LogP contribution in [0, 0.1) is 25.0 Å². The van der Waals surface area contributed by atoms with Gasteiger partial charge in [0.05, 0.1) is 30.5 Å². The number of esters is 1. The van der Waals surface area contributed by atoms with Crippen molar-refractivity contribution < 1.29 is 14.1 Å². The maximum atomic E-state index is 11.3. The Kier molecular flexibility index (Phi) is 6.35. The third kappa shape index (κ3) is 4.04. The summed E-state index contributed by atoms with van der Waals surface area (Å²) >= 11 is 1.38. The fourth-order valence-corrected chi connectivity index (χ4v) is 3.46. The summed E-state index contributed by atoms with van der Waals surface area (Å²) in [4.78, 5) is 11.3. The van der Waals surface area contributed by atoms with E-state index >= 15 is 0 Å². The van der Waals surface area contributed by atoms with Crippen LogP contribution in [0.15, 0.2) is 5.16 Å². The van der Waals surface area contributed by atoms with Crippen LogP contribution >= 0.6 is 11.8 Å². The lowest BCUT2D eigenvalue weighted by atomic mass is 10.3. The lowest BCUT2D eigenvalue weighted by Gasteiger charge is -2.07. The molecule has 0 aliphatic heterocycles. The van der Waals surface area contributed by atoms with E-state index in [9.17, 15) is 4.79 Å². The minimum atomic E-state index is -0.475. The fraction of sp³-hybridized carbons (Fsp3) is 0.625. The summed E-state index contributed by atoms with van der Waals surface area (Å²) in [5.74, 6) is 2.04. The zero-order valence-electron chi connectivity index (χ0n) is 14.0. The summed E-state index contributed by atoms with van der Waals surface area (Å²) in [6, 6.07) is 0.686. The van der Waals surface area contributed by atoms with Crippen LogP contribution in [0.3, 0.4) is 0 Å². The Morgan fingerprint density at radius 3 is 2.43 bits per heavy atom. The number of hydrogen-bond donors (Lipinski definition) is 0. The van der Waals surface area contributed by atoms with Gasteiger partial charge in [-0.05, 0) is 39.9 Å². The molecule has 0 fully saturated rings. The molecule has 1 aromatic heterocycles. The number of thioether (sulfide) groups is 1. The van der Waals surface area contributed by atoms with E-state index in [1.165, 1.54) is 23.1 Å². The molecule has 0 amide bonds. The van der Waals surface area contributed by atoms with Crippen LogP contribution in [0.25, 0.3) is 0 Å². The standard InChI is InChI=1S/C16H25N2O2S/c1-8-20-15(19)9-10-21-16-17(11(2)3)13(6)14(7)18(16)12(4)5/h11-12H,8H2,1-7H3/q+1. The predicted molar refractivity (Wildman–Crippen MR) is 85.1 cm³/mol. The second-order valence-electron chi connectivity index (χ2n) is 5.43. The Hall–Kier alpha value is -1.41. The van der Waals surface area contributed by atoms with Crippen molar-refractivity contribution in [2.75, 3.05) is 6.61 Å². The first kappa shape index (κ1) is 17.6. The normalized spacial score (nSPS) is 10.7. The van der Waals surface area contributed by atoms with E-state index < -0.39 is 5.97 Å². The highest BCUT2D eigenvalue weighted by atomic mass is 32.2. The Balaban J connectivity index is 3.21.